The molecule has 4 nitrogen and oxygen atoms in total. The maximum Gasteiger partial charge on any atom is 0.126 e. The number of likely N-dealkylation sites (N-methyl/N-ethyl adjacent to an activating group) is 1. The molecule has 2 rings (SSSR count). The van der Waals surface area contributed by atoms with Crippen molar-refractivity contribution in [2.45, 2.75) is 24.7 Å². The van der Waals surface area contributed by atoms with E-state index in [4.69, 9.17) is 11.1 Å². The number of rotatable bonds is 7. The Labute approximate surface area is 132 Å². The lowest BCUT2D eigenvalue weighted by molar-refractivity contribution is 0.346. The molecule has 1 aromatic rings. The molecule has 5 heteroatoms. The van der Waals surface area contributed by atoms with Crippen LogP contribution in [0.4, 0.5) is 5.69 Å². The molecule has 1 aromatic carbocycles. The Bertz CT molecular complexity index is 483. The number of nitrogen functional groups attached to an aromatic ring is 1. The number of anilines is 1. The first-order valence-electron chi connectivity index (χ1n) is 7.67. The van der Waals surface area contributed by atoms with E-state index in [1.165, 1.54) is 25.9 Å². The summed E-state index contributed by atoms with van der Waals surface area (Å²) in [4.78, 5) is 5.85. The van der Waals surface area contributed by atoms with Crippen LogP contribution in [0, 0.1) is 5.41 Å². The van der Waals surface area contributed by atoms with Gasteiger partial charge in [-0.1, -0.05) is 13.0 Å². The molecule has 1 fully saturated rings. The lowest BCUT2D eigenvalue weighted by Gasteiger charge is -2.26. The van der Waals surface area contributed by atoms with Crippen molar-refractivity contribution in [1.82, 2.24) is 4.90 Å². The van der Waals surface area contributed by atoms with E-state index in [-0.39, 0.29) is 5.84 Å². The van der Waals surface area contributed by atoms with Crippen LogP contribution in [0.2, 0.25) is 0 Å². The minimum atomic E-state index is 0.162. The Kier molecular flexibility index (Phi) is 5.94. The highest BCUT2D eigenvalue weighted by molar-refractivity contribution is 7.99. The van der Waals surface area contributed by atoms with Crippen molar-refractivity contribution in [2.75, 3.05) is 43.9 Å². The number of likely N-dealkylation sites (tertiary alicyclic amines) is 1. The summed E-state index contributed by atoms with van der Waals surface area (Å²) in [5, 5.41) is 7.92. The summed E-state index contributed by atoms with van der Waals surface area (Å²) in [6, 6.07) is 6.19. The number of amidine groups is 1. The lowest BCUT2D eigenvalue weighted by Crippen LogP contribution is -2.32. The van der Waals surface area contributed by atoms with Crippen LogP contribution in [-0.4, -0.2) is 49.7 Å². The number of benzene rings is 1. The number of hydrogen-bond acceptors (Lipinski definition) is 4. The molecule has 3 N–H and O–H groups in total. The van der Waals surface area contributed by atoms with Crippen molar-refractivity contribution in [3.63, 3.8) is 0 Å². The van der Waals surface area contributed by atoms with Gasteiger partial charge in [-0.15, -0.1) is 11.8 Å². The van der Waals surface area contributed by atoms with Gasteiger partial charge in [0.25, 0.3) is 0 Å². The molecule has 0 spiro atoms. The number of nitrogens with one attached hydrogen (secondary N) is 1. The average molecular weight is 306 g/mol. The fourth-order valence-electron chi connectivity index (χ4n) is 2.80. The van der Waals surface area contributed by atoms with Gasteiger partial charge in [-0.2, -0.15) is 0 Å². The third-order valence-electron chi connectivity index (χ3n) is 3.93. The molecule has 0 saturated carbocycles. The van der Waals surface area contributed by atoms with Crippen LogP contribution < -0.4 is 10.6 Å². The SMILES string of the molecule is CCSc1cccc(N(C)CCN2CCCC2)c1C(=N)N. The van der Waals surface area contributed by atoms with Crippen LogP contribution in [0.5, 0.6) is 0 Å². The largest absolute Gasteiger partial charge is 0.384 e. The number of nitrogens with two attached hydrogens (primary N) is 1. The molecular formula is C16H26N4S. The van der Waals surface area contributed by atoms with Crippen LogP contribution in [-0.2, 0) is 0 Å². The molecule has 0 aliphatic carbocycles. The Morgan fingerprint density at radius 2 is 2.10 bits per heavy atom. The number of nitrogens with zero attached hydrogens (tertiary/aromatic N) is 2. The van der Waals surface area contributed by atoms with Gasteiger partial charge < -0.3 is 15.5 Å². The monoisotopic (exact) mass is 306 g/mol. The molecule has 0 radical (unpaired) electrons. The van der Waals surface area contributed by atoms with E-state index in [9.17, 15) is 0 Å². The average Bonchev–Trinajstić information content (AvgIpc) is 2.98. The fourth-order valence-corrected chi connectivity index (χ4v) is 3.65. The van der Waals surface area contributed by atoms with Gasteiger partial charge >= 0.3 is 0 Å². The van der Waals surface area contributed by atoms with Crippen molar-refractivity contribution in [1.29, 1.82) is 5.41 Å². The van der Waals surface area contributed by atoms with E-state index in [2.05, 4.69) is 42.0 Å². The lowest BCUT2D eigenvalue weighted by atomic mass is 10.1. The van der Waals surface area contributed by atoms with E-state index in [0.29, 0.717) is 0 Å². The Balaban J connectivity index is 2.12. The molecular weight excluding hydrogens is 280 g/mol. The minimum absolute atomic E-state index is 0.162. The summed E-state index contributed by atoms with van der Waals surface area (Å²) >= 11 is 1.75. The summed E-state index contributed by atoms with van der Waals surface area (Å²) in [5.74, 6) is 1.15. The summed E-state index contributed by atoms with van der Waals surface area (Å²) < 4.78 is 0. The second-order valence-corrected chi connectivity index (χ2v) is 6.77. The van der Waals surface area contributed by atoms with Crippen molar-refractivity contribution in [3.05, 3.63) is 23.8 Å². The summed E-state index contributed by atoms with van der Waals surface area (Å²) in [5.41, 5.74) is 7.79. The predicted octanol–water partition coefficient (Wildman–Crippen LogP) is 2.61. The fraction of sp³-hybridized carbons (Fsp3) is 0.562. The van der Waals surface area contributed by atoms with Gasteiger partial charge in [0.15, 0.2) is 0 Å². The number of thioether (sulfide) groups is 1. The zero-order chi connectivity index (χ0) is 15.2. The molecule has 116 valence electrons. The Morgan fingerprint density at radius 3 is 2.71 bits per heavy atom. The van der Waals surface area contributed by atoms with E-state index >= 15 is 0 Å². The van der Waals surface area contributed by atoms with Crippen molar-refractivity contribution >= 4 is 23.3 Å². The Hall–Kier alpha value is -1.20. The zero-order valence-corrected chi connectivity index (χ0v) is 13.9. The first-order valence-corrected chi connectivity index (χ1v) is 8.65. The molecule has 1 saturated heterocycles. The first-order chi connectivity index (χ1) is 10.1. The van der Waals surface area contributed by atoms with E-state index in [1.54, 1.807) is 11.8 Å². The van der Waals surface area contributed by atoms with E-state index < -0.39 is 0 Å². The third kappa shape index (κ3) is 4.14. The van der Waals surface area contributed by atoms with Crippen LogP contribution >= 0.6 is 11.8 Å². The van der Waals surface area contributed by atoms with Crippen LogP contribution in [0.15, 0.2) is 23.1 Å². The van der Waals surface area contributed by atoms with E-state index in [0.717, 1.165) is 35.0 Å². The minimum Gasteiger partial charge on any atom is -0.384 e. The Morgan fingerprint density at radius 1 is 1.38 bits per heavy atom. The molecule has 0 amide bonds. The van der Waals surface area contributed by atoms with Gasteiger partial charge in [0.05, 0.1) is 5.56 Å². The zero-order valence-electron chi connectivity index (χ0n) is 13.1. The van der Waals surface area contributed by atoms with Crippen LogP contribution in [0.1, 0.15) is 25.3 Å². The predicted molar refractivity (Wildman–Crippen MR) is 92.8 cm³/mol. The van der Waals surface area contributed by atoms with Gasteiger partial charge in [0.2, 0.25) is 0 Å². The quantitative estimate of drug-likeness (QED) is 0.462. The molecule has 0 unspecified atom stereocenters. The third-order valence-corrected chi connectivity index (χ3v) is 4.87. The molecule has 0 bridgehead atoms. The molecule has 21 heavy (non-hydrogen) atoms. The van der Waals surface area contributed by atoms with Gasteiger partial charge in [0.1, 0.15) is 5.84 Å². The molecule has 0 atom stereocenters. The summed E-state index contributed by atoms with van der Waals surface area (Å²) in [6.45, 7) is 6.62. The van der Waals surface area contributed by atoms with Crippen molar-refractivity contribution in [2.24, 2.45) is 5.73 Å². The number of hydrogen-bond donors (Lipinski definition) is 2. The topological polar surface area (TPSA) is 56.4 Å². The standard InChI is InChI=1S/C16H26N4S/c1-3-21-14-8-6-7-13(15(14)16(17)18)19(2)11-12-20-9-4-5-10-20/h6-8H,3-5,9-12H2,1-2H3,(H3,17,18). The second-order valence-electron chi connectivity index (χ2n) is 5.47. The van der Waals surface area contributed by atoms with Crippen LogP contribution in [0.3, 0.4) is 0 Å². The van der Waals surface area contributed by atoms with Gasteiger partial charge in [-0.25, -0.2) is 0 Å². The maximum absolute atomic E-state index is 7.92. The highest BCUT2D eigenvalue weighted by Gasteiger charge is 2.16. The first kappa shape index (κ1) is 16.2. The second kappa shape index (κ2) is 7.71. The smallest absolute Gasteiger partial charge is 0.126 e. The highest BCUT2D eigenvalue weighted by Crippen LogP contribution is 2.30. The van der Waals surface area contributed by atoms with Crippen molar-refractivity contribution in [3.8, 4) is 0 Å². The summed E-state index contributed by atoms with van der Waals surface area (Å²) in [7, 11) is 2.10. The molecule has 1 aliphatic rings. The summed E-state index contributed by atoms with van der Waals surface area (Å²) in [6.07, 6.45) is 2.65. The van der Waals surface area contributed by atoms with Crippen molar-refractivity contribution < 1.29 is 0 Å². The van der Waals surface area contributed by atoms with Gasteiger partial charge in [0, 0.05) is 30.7 Å². The normalized spacial score (nSPS) is 15.3. The highest BCUT2D eigenvalue weighted by atomic mass is 32.2. The van der Waals surface area contributed by atoms with Crippen LogP contribution in [0.25, 0.3) is 0 Å². The van der Waals surface area contributed by atoms with Gasteiger partial charge in [-0.3, -0.25) is 5.41 Å². The maximum atomic E-state index is 7.92. The molecule has 1 aliphatic heterocycles. The molecule has 0 aromatic heterocycles. The van der Waals surface area contributed by atoms with Gasteiger partial charge in [-0.05, 0) is 43.8 Å². The van der Waals surface area contributed by atoms with E-state index in [1.807, 2.05) is 0 Å². The molecule has 1 heterocycles.